The monoisotopic (exact) mass is 274 g/mol. The smallest absolute Gasteiger partial charge is 0.0411 e. The second-order valence-electron chi connectivity index (χ2n) is 5.68. The molecule has 1 aromatic carbocycles. The number of hydrogen-bond acceptors (Lipinski definition) is 2. The number of rotatable bonds is 9. The van der Waals surface area contributed by atoms with Gasteiger partial charge in [-0.2, -0.15) is 0 Å². The Bertz CT molecular complexity index is 398. The Morgan fingerprint density at radius 2 is 2.05 bits per heavy atom. The van der Waals surface area contributed by atoms with E-state index in [2.05, 4.69) is 67.5 Å². The third kappa shape index (κ3) is 6.25. The second-order valence-corrected chi connectivity index (χ2v) is 5.68. The summed E-state index contributed by atoms with van der Waals surface area (Å²) in [5.74, 6) is 0.805. The van der Waals surface area contributed by atoms with Crippen LogP contribution in [0.5, 0.6) is 0 Å². The Hall–Kier alpha value is -1.28. The Morgan fingerprint density at radius 3 is 2.75 bits per heavy atom. The number of nitrogens with one attached hydrogen (secondary N) is 1. The molecule has 2 nitrogen and oxygen atoms in total. The van der Waals surface area contributed by atoms with Crippen molar-refractivity contribution in [3.8, 4) is 0 Å². The summed E-state index contributed by atoms with van der Waals surface area (Å²) in [4.78, 5) is 2.44. The molecule has 20 heavy (non-hydrogen) atoms. The largest absolute Gasteiger partial charge is 0.388 e. The van der Waals surface area contributed by atoms with E-state index < -0.39 is 0 Å². The van der Waals surface area contributed by atoms with Gasteiger partial charge >= 0.3 is 0 Å². The van der Waals surface area contributed by atoms with Gasteiger partial charge in [0.25, 0.3) is 0 Å². The molecular formula is C18H30N2. The summed E-state index contributed by atoms with van der Waals surface area (Å²) < 4.78 is 0. The van der Waals surface area contributed by atoms with E-state index in [1.165, 1.54) is 30.6 Å². The highest BCUT2D eigenvalue weighted by Gasteiger charge is 2.04. The Kier molecular flexibility index (Phi) is 8.05. The molecule has 0 spiro atoms. The van der Waals surface area contributed by atoms with Gasteiger partial charge in [0.1, 0.15) is 0 Å². The first-order valence-electron chi connectivity index (χ1n) is 7.79. The minimum Gasteiger partial charge on any atom is -0.388 e. The first kappa shape index (κ1) is 16.8. The normalized spacial score (nSPS) is 13.1. The van der Waals surface area contributed by atoms with Crippen LogP contribution in [0, 0.1) is 5.92 Å². The molecule has 2 heteroatoms. The van der Waals surface area contributed by atoms with Crippen LogP contribution in [0.25, 0.3) is 6.08 Å². The maximum absolute atomic E-state index is 3.22. The molecule has 0 fully saturated rings. The molecular weight excluding hydrogens is 244 g/mol. The Labute approximate surface area is 124 Å². The van der Waals surface area contributed by atoms with Crippen LogP contribution in [0.2, 0.25) is 0 Å². The summed E-state index contributed by atoms with van der Waals surface area (Å²) in [6.45, 7) is 6.94. The van der Waals surface area contributed by atoms with Crippen molar-refractivity contribution in [1.29, 1.82) is 0 Å². The van der Waals surface area contributed by atoms with Gasteiger partial charge in [0.15, 0.2) is 0 Å². The molecule has 112 valence electrons. The van der Waals surface area contributed by atoms with Crippen molar-refractivity contribution in [2.24, 2.45) is 5.92 Å². The van der Waals surface area contributed by atoms with Gasteiger partial charge in [-0.15, -0.1) is 0 Å². The van der Waals surface area contributed by atoms with Gasteiger partial charge in [0.2, 0.25) is 0 Å². The number of benzene rings is 1. The molecule has 0 heterocycles. The lowest BCUT2D eigenvalue weighted by atomic mass is 10.1. The highest BCUT2D eigenvalue weighted by atomic mass is 15.1. The fourth-order valence-electron chi connectivity index (χ4n) is 2.58. The van der Waals surface area contributed by atoms with Crippen molar-refractivity contribution < 1.29 is 0 Å². The lowest BCUT2D eigenvalue weighted by Crippen LogP contribution is -2.25. The first-order chi connectivity index (χ1) is 9.67. The van der Waals surface area contributed by atoms with Crippen LogP contribution in [0.4, 0.5) is 5.69 Å². The van der Waals surface area contributed by atoms with Crippen LogP contribution < -0.4 is 5.32 Å². The standard InChI is InChI=1S/C18H30N2/c1-5-10-16(2)15-20(4)14-9-8-12-17-11-6-7-13-18(17)19-3/h6-8,11-13,16,19H,5,9-10,14-15H2,1-4H3/b12-8-. The van der Waals surface area contributed by atoms with E-state index in [9.17, 15) is 0 Å². The van der Waals surface area contributed by atoms with Gasteiger partial charge in [0, 0.05) is 25.8 Å². The molecule has 0 aromatic heterocycles. The molecule has 0 aliphatic rings. The van der Waals surface area contributed by atoms with Crippen molar-refractivity contribution in [3.63, 3.8) is 0 Å². The molecule has 0 saturated carbocycles. The third-order valence-electron chi connectivity index (χ3n) is 3.61. The maximum Gasteiger partial charge on any atom is 0.0411 e. The topological polar surface area (TPSA) is 15.3 Å². The van der Waals surface area contributed by atoms with Gasteiger partial charge in [-0.05, 0) is 37.4 Å². The summed E-state index contributed by atoms with van der Waals surface area (Å²) in [6, 6.07) is 8.40. The van der Waals surface area contributed by atoms with E-state index >= 15 is 0 Å². The van der Waals surface area contributed by atoms with Crippen LogP contribution in [0.3, 0.4) is 0 Å². The SMILES string of the molecule is CCCC(C)CN(C)CC/C=C\c1ccccc1NC. The molecule has 1 aromatic rings. The summed E-state index contributed by atoms with van der Waals surface area (Å²) in [5, 5.41) is 3.22. The Morgan fingerprint density at radius 1 is 1.30 bits per heavy atom. The zero-order valence-corrected chi connectivity index (χ0v) is 13.5. The fraction of sp³-hybridized carbons (Fsp3) is 0.556. The van der Waals surface area contributed by atoms with E-state index in [1.807, 2.05) is 7.05 Å². The van der Waals surface area contributed by atoms with Gasteiger partial charge in [-0.25, -0.2) is 0 Å². The van der Waals surface area contributed by atoms with E-state index in [4.69, 9.17) is 0 Å². The van der Waals surface area contributed by atoms with Crippen LogP contribution in [0.1, 0.15) is 38.7 Å². The van der Waals surface area contributed by atoms with Crippen LogP contribution >= 0.6 is 0 Å². The molecule has 0 radical (unpaired) electrons. The molecule has 0 amide bonds. The first-order valence-corrected chi connectivity index (χ1v) is 7.79. The molecule has 1 atom stereocenters. The lowest BCUT2D eigenvalue weighted by molar-refractivity contribution is 0.282. The molecule has 0 aliphatic carbocycles. The summed E-state index contributed by atoms with van der Waals surface area (Å²) in [5.41, 5.74) is 2.45. The molecule has 0 saturated heterocycles. The molecule has 0 bridgehead atoms. The summed E-state index contributed by atoms with van der Waals surface area (Å²) in [7, 11) is 4.19. The molecule has 1 N–H and O–H groups in total. The predicted octanol–water partition coefficient (Wildman–Crippen LogP) is 4.50. The summed E-state index contributed by atoms with van der Waals surface area (Å²) >= 11 is 0. The summed E-state index contributed by atoms with van der Waals surface area (Å²) in [6.07, 6.45) is 8.21. The van der Waals surface area contributed by atoms with Crippen molar-refractivity contribution in [1.82, 2.24) is 4.90 Å². The number of anilines is 1. The average molecular weight is 274 g/mol. The number of nitrogens with zero attached hydrogens (tertiary/aromatic N) is 1. The van der Waals surface area contributed by atoms with Crippen LogP contribution in [-0.2, 0) is 0 Å². The Balaban J connectivity index is 2.34. The van der Waals surface area contributed by atoms with E-state index in [-0.39, 0.29) is 0 Å². The minimum atomic E-state index is 0.805. The van der Waals surface area contributed by atoms with Crippen molar-refractivity contribution >= 4 is 11.8 Å². The second kappa shape index (κ2) is 9.60. The van der Waals surface area contributed by atoms with Gasteiger partial charge < -0.3 is 10.2 Å². The average Bonchev–Trinajstić information content (AvgIpc) is 2.44. The fourth-order valence-corrected chi connectivity index (χ4v) is 2.58. The highest BCUT2D eigenvalue weighted by molar-refractivity contribution is 5.66. The molecule has 1 unspecified atom stereocenters. The molecule has 1 rings (SSSR count). The zero-order valence-electron chi connectivity index (χ0n) is 13.5. The van der Waals surface area contributed by atoms with E-state index in [1.54, 1.807) is 0 Å². The zero-order chi connectivity index (χ0) is 14.8. The number of para-hydroxylation sites is 1. The molecule has 0 aliphatic heterocycles. The minimum absolute atomic E-state index is 0.805. The van der Waals surface area contributed by atoms with E-state index in [0.717, 1.165) is 18.9 Å². The van der Waals surface area contributed by atoms with Crippen LogP contribution in [-0.4, -0.2) is 32.1 Å². The maximum atomic E-state index is 3.22. The van der Waals surface area contributed by atoms with Crippen molar-refractivity contribution in [3.05, 3.63) is 35.9 Å². The number of hydrogen-bond donors (Lipinski definition) is 1. The highest BCUT2D eigenvalue weighted by Crippen LogP contribution is 2.16. The van der Waals surface area contributed by atoms with Gasteiger partial charge in [-0.1, -0.05) is 50.6 Å². The van der Waals surface area contributed by atoms with E-state index in [0.29, 0.717) is 0 Å². The van der Waals surface area contributed by atoms with Gasteiger partial charge in [-0.3, -0.25) is 0 Å². The third-order valence-corrected chi connectivity index (χ3v) is 3.61. The van der Waals surface area contributed by atoms with Crippen molar-refractivity contribution in [2.75, 3.05) is 32.5 Å². The quantitative estimate of drug-likeness (QED) is 0.713. The predicted molar refractivity (Wildman–Crippen MR) is 91.2 cm³/mol. The van der Waals surface area contributed by atoms with Crippen LogP contribution in [0.15, 0.2) is 30.3 Å². The van der Waals surface area contributed by atoms with Gasteiger partial charge in [0.05, 0.1) is 0 Å². The van der Waals surface area contributed by atoms with Crippen molar-refractivity contribution in [2.45, 2.75) is 33.1 Å². The lowest BCUT2D eigenvalue weighted by Gasteiger charge is -2.20.